The van der Waals surface area contributed by atoms with E-state index in [4.69, 9.17) is 0 Å². The molecule has 1 aliphatic heterocycles. The van der Waals surface area contributed by atoms with Gasteiger partial charge in [0.05, 0.1) is 4.92 Å². The highest BCUT2D eigenvalue weighted by molar-refractivity contribution is 5.74. The highest BCUT2D eigenvalue weighted by Crippen LogP contribution is 2.34. The Hall–Kier alpha value is -3.93. The summed E-state index contributed by atoms with van der Waals surface area (Å²) >= 11 is 0. The van der Waals surface area contributed by atoms with Gasteiger partial charge >= 0.3 is 12.0 Å². The number of nitrogens with zero attached hydrogens (tertiary/aromatic N) is 5. The largest absolute Gasteiger partial charge is 0.573 e. The number of alkyl halides is 3. The van der Waals surface area contributed by atoms with E-state index in [1.165, 1.54) is 24.0 Å². The van der Waals surface area contributed by atoms with Gasteiger partial charge in [0.25, 0.3) is 0 Å². The van der Waals surface area contributed by atoms with E-state index in [1.807, 2.05) is 23.1 Å². The molecule has 1 saturated heterocycles. The van der Waals surface area contributed by atoms with Gasteiger partial charge in [-0.05, 0) is 29.8 Å². The first kappa shape index (κ1) is 23.2. The Bertz CT molecular complexity index is 1120. The Morgan fingerprint density at radius 1 is 1.00 bits per heavy atom. The van der Waals surface area contributed by atoms with Gasteiger partial charge in [0, 0.05) is 38.4 Å². The van der Waals surface area contributed by atoms with Crippen molar-refractivity contribution in [2.75, 3.05) is 36.4 Å². The van der Waals surface area contributed by atoms with Gasteiger partial charge in [0.2, 0.25) is 11.6 Å². The Balaban J connectivity index is 1.47. The molecule has 3 aromatic rings. The third kappa shape index (κ3) is 5.90. The van der Waals surface area contributed by atoms with Gasteiger partial charge in [-0.3, -0.25) is 15.0 Å². The molecule has 0 bridgehead atoms. The van der Waals surface area contributed by atoms with Gasteiger partial charge in [-0.2, -0.15) is 0 Å². The fourth-order valence-electron chi connectivity index (χ4n) is 3.70. The lowest BCUT2D eigenvalue weighted by Crippen LogP contribution is -2.46. The summed E-state index contributed by atoms with van der Waals surface area (Å²) in [4.78, 5) is 23.6. The molecule has 1 aromatic heterocycles. The van der Waals surface area contributed by atoms with Crippen LogP contribution in [-0.4, -0.2) is 52.3 Å². The van der Waals surface area contributed by atoms with E-state index in [1.54, 1.807) is 0 Å². The van der Waals surface area contributed by atoms with Crippen LogP contribution in [0.2, 0.25) is 0 Å². The maximum Gasteiger partial charge on any atom is 0.573 e. The lowest BCUT2D eigenvalue weighted by molar-refractivity contribution is -0.383. The van der Waals surface area contributed by atoms with Crippen LogP contribution in [-0.2, 0) is 6.54 Å². The van der Waals surface area contributed by atoms with Crippen LogP contribution in [0.25, 0.3) is 0 Å². The molecule has 0 atom stereocenters. The maximum atomic E-state index is 12.3. The molecule has 1 fully saturated rings. The van der Waals surface area contributed by atoms with Crippen LogP contribution in [0.1, 0.15) is 5.56 Å². The van der Waals surface area contributed by atoms with E-state index >= 15 is 0 Å². The number of hydrogen-bond acceptors (Lipinski definition) is 8. The number of piperazine rings is 1. The van der Waals surface area contributed by atoms with E-state index in [0.717, 1.165) is 18.7 Å². The Morgan fingerprint density at radius 3 is 2.29 bits per heavy atom. The summed E-state index contributed by atoms with van der Waals surface area (Å²) in [6, 6.07) is 14.9. The summed E-state index contributed by atoms with van der Waals surface area (Å²) in [6.45, 7) is 3.31. The fraction of sp³-hybridized carbons (Fsp3) is 0.273. The first-order valence-electron chi connectivity index (χ1n) is 10.4. The highest BCUT2D eigenvalue weighted by Gasteiger charge is 2.31. The smallest absolute Gasteiger partial charge is 0.406 e. The third-order valence-corrected chi connectivity index (χ3v) is 5.26. The van der Waals surface area contributed by atoms with Crippen LogP contribution in [0.5, 0.6) is 5.75 Å². The van der Waals surface area contributed by atoms with Gasteiger partial charge in [-0.15, -0.1) is 13.2 Å². The van der Waals surface area contributed by atoms with Crippen molar-refractivity contribution in [3.8, 4) is 5.75 Å². The number of nitrogens with one attached hydrogen (secondary N) is 1. The maximum absolute atomic E-state index is 12.3. The second-order valence-electron chi connectivity index (χ2n) is 7.60. The fourth-order valence-corrected chi connectivity index (χ4v) is 3.70. The number of hydrogen-bond donors (Lipinski definition) is 1. The molecule has 1 N–H and O–H groups in total. The van der Waals surface area contributed by atoms with Crippen molar-refractivity contribution in [1.29, 1.82) is 0 Å². The minimum absolute atomic E-state index is 0.0498. The number of anilines is 3. The number of ether oxygens (including phenoxy) is 1. The summed E-state index contributed by atoms with van der Waals surface area (Å²) in [6.07, 6.45) is -3.58. The monoisotopic (exact) mass is 474 g/mol. The van der Waals surface area contributed by atoms with E-state index in [0.29, 0.717) is 31.9 Å². The molecule has 0 unspecified atom stereocenters. The van der Waals surface area contributed by atoms with Crippen LogP contribution in [0.3, 0.4) is 0 Å². The van der Waals surface area contributed by atoms with Crippen LogP contribution in [0.4, 0.5) is 36.2 Å². The second kappa shape index (κ2) is 9.91. The molecule has 1 aliphatic rings. The lowest BCUT2D eigenvalue weighted by Gasteiger charge is -2.35. The molecule has 2 aromatic carbocycles. The molecule has 12 heteroatoms. The van der Waals surface area contributed by atoms with E-state index in [2.05, 4.69) is 37.1 Å². The molecule has 34 heavy (non-hydrogen) atoms. The van der Waals surface area contributed by atoms with Gasteiger partial charge < -0.3 is 15.0 Å². The number of halogens is 3. The minimum Gasteiger partial charge on any atom is -0.406 e. The van der Waals surface area contributed by atoms with Gasteiger partial charge in [0.1, 0.15) is 12.1 Å². The average molecular weight is 474 g/mol. The zero-order chi connectivity index (χ0) is 24.1. The predicted molar refractivity (Wildman–Crippen MR) is 119 cm³/mol. The van der Waals surface area contributed by atoms with Crippen LogP contribution in [0.15, 0.2) is 60.9 Å². The van der Waals surface area contributed by atoms with Crippen molar-refractivity contribution >= 4 is 23.0 Å². The summed E-state index contributed by atoms with van der Waals surface area (Å²) in [5, 5.41) is 14.7. The zero-order valence-electron chi connectivity index (χ0n) is 17.9. The molecule has 9 nitrogen and oxygen atoms in total. The summed E-state index contributed by atoms with van der Waals surface area (Å²) in [5.41, 5.74) is 1.21. The first-order chi connectivity index (χ1) is 16.3. The number of aromatic nitrogens is 2. The normalized spacial score (nSPS) is 14.6. The van der Waals surface area contributed by atoms with Crippen molar-refractivity contribution in [3.63, 3.8) is 0 Å². The van der Waals surface area contributed by atoms with Gasteiger partial charge in [-0.1, -0.05) is 30.3 Å². The quantitative estimate of drug-likeness (QED) is 0.399. The third-order valence-electron chi connectivity index (χ3n) is 5.26. The molecule has 0 saturated carbocycles. The standard InChI is InChI=1S/C22H21F3N6O3/c23-22(24,25)34-18-8-6-17(7-9-18)28-20-19(31(32)33)21(27-15-26-20)30-12-10-29(11-13-30)14-16-4-2-1-3-5-16/h1-9,15H,10-14H2,(H,26,27,28). The molecular weight excluding hydrogens is 453 g/mol. The predicted octanol–water partition coefficient (Wildman–Crippen LogP) is 4.35. The summed E-state index contributed by atoms with van der Waals surface area (Å²) < 4.78 is 40.9. The Kier molecular flexibility index (Phi) is 6.77. The highest BCUT2D eigenvalue weighted by atomic mass is 19.4. The van der Waals surface area contributed by atoms with E-state index in [9.17, 15) is 23.3 Å². The molecule has 0 spiro atoms. The Labute approximate surface area is 193 Å². The van der Waals surface area contributed by atoms with E-state index < -0.39 is 17.0 Å². The van der Waals surface area contributed by atoms with Crippen molar-refractivity contribution in [3.05, 3.63) is 76.6 Å². The lowest BCUT2D eigenvalue weighted by atomic mass is 10.2. The molecule has 0 radical (unpaired) electrons. The van der Waals surface area contributed by atoms with E-state index in [-0.39, 0.29) is 17.3 Å². The molecule has 0 amide bonds. The zero-order valence-corrected chi connectivity index (χ0v) is 17.9. The molecular formula is C22H21F3N6O3. The van der Waals surface area contributed by atoms with Gasteiger partial charge in [-0.25, -0.2) is 9.97 Å². The summed E-state index contributed by atoms with van der Waals surface area (Å²) in [7, 11) is 0. The molecule has 2 heterocycles. The number of rotatable bonds is 7. The molecule has 0 aliphatic carbocycles. The summed E-state index contributed by atoms with van der Waals surface area (Å²) in [5.74, 6) is -0.255. The molecule has 178 valence electrons. The van der Waals surface area contributed by atoms with Crippen molar-refractivity contribution < 1.29 is 22.8 Å². The van der Waals surface area contributed by atoms with Gasteiger partial charge in [0.15, 0.2) is 0 Å². The van der Waals surface area contributed by atoms with Crippen molar-refractivity contribution in [1.82, 2.24) is 14.9 Å². The number of nitro groups is 1. The van der Waals surface area contributed by atoms with Crippen LogP contribution < -0.4 is 15.0 Å². The minimum atomic E-state index is -4.81. The topological polar surface area (TPSA) is 96.7 Å². The molecule has 4 rings (SSSR count). The van der Waals surface area contributed by atoms with Crippen molar-refractivity contribution in [2.45, 2.75) is 12.9 Å². The van der Waals surface area contributed by atoms with Crippen molar-refractivity contribution in [2.24, 2.45) is 0 Å². The van der Waals surface area contributed by atoms with Crippen LogP contribution in [0, 0.1) is 10.1 Å². The first-order valence-corrected chi connectivity index (χ1v) is 10.4. The van der Waals surface area contributed by atoms with Crippen LogP contribution >= 0.6 is 0 Å². The SMILES string of the molecule is O=[N+]([O-])c1c(Nc2ccc(OC(F)(F)F)cc2)ncnc1N1CCN(Cc2ccccc2)CC1. The average Bonchev–Trinajstić information content (AvgIpc) is 2.80. The Morgan fingerprint density at radius 2 is 1.68 bits per heavy atom. The second-order valence-corrected chi connectivity index (χ2v) is 7.60. The number of benzene rings is 2.